The fourth-order valence-electron chi connectivity index (χ4n) is 5.93. The van der Waals surface area contributed by atoms with Crippen molar-refractivity contribution in [1.29, 1.82) is 0 Å². The quantitative estimate of drug-likeness (QED) is 0.252. The van der Waals surface area contributed by atoms with Crippen LogP contribution in [-0.2, 0) is 6.42 Å². The molecule has 164 valence electrons. The molecule has 5 nitrogen and oxygen atoms in total. The number of fused-ring (bicyclic) bond motifs is 10. The number of aliphatic hydroxyl groups excluding tert-OH is 1. The molecule has 0 spiro atoms. The van der Waals surface area contributed by atoms with Crippen LogP contribution in [0.3, 0.4) is 0 Å². The van der Waals surface area contributed by atoms with Gasteiger partial charge in [0.25, 0.3) is 5.91 Å². The van der Waals surface area contributed by atoms with Crippen molar-refractivity contribution in [3.63, 3.8) is 0 Å². The number of carbonyl (C=O) groups excluding carboxylic acids is 1. The SMILES string of the molecule is O=C1NC(O)c2c1c1c3cc(CC=C4CCCCC4)ccc3[nH]c1c1[nH]c3ccccc3c21. The summed E-state index contributed by atoms with van der Waals surface area (Å²) in [6.45, 7) is 0. The lowest BCUT2D eigenvalue weighted by Crippen LogP contribution is -2.18. The van der Waals surface area contributed by atoms with Gasteiger partial charge in [0, 0.05) is 38.1 Å². The van der Waals surface area contributed by atoms with Gasteiger partial charge in [-0.2, -0.15) is 0 Å². The van der Waals surface area contributed by atoms with E-state index in [0.717, 1.165) is 50.0 Å². The third-order valence-electron chi connectivity index (χ3n) is 7.50. The summed E-state index contributed by atoms with van der Waals surface area (Å²) >= 11 is 0. The fourth-order valence-corrected chi connectivity index (χ4v) is 5.93. The second-order valence-electron chi connectivity index (χ2n) is 9.47. The Hall–Kier alpha value is -3.57. The Labute approximate surface area is 190 Å². The molecule has 5 heteroatoms. The van der Waals surface area contributed by atoms with Gasteiger partial charge in [0.1, 0.15) is 0 Å². The minimum atomic E-state index is -1.01. The van der Waals surface area contributed by atoms with Crippen LogP contribution in [0.5, 0.6) is 0 Å². The first-order valence-corrected chi connectivity index (χ1v) is 11.9. The third-order valence-corrected chi connectivity index (χ3v) is 7.50. The van der Waals surface area contributed by atoms with Crippen molar-refractivity contribution in [1.82, 2.24) is 15.3 Å². The van der Waals surface area contributed by atoms with Gasteiger partial charge in [0.05, 0.1) is 16.6 Å². The Morgan fingerprint density at radius 3 is 2.52 bits per heavy atom. The van der Waals surface area contributed by atoms with E-state index >= 15 is 0 Å². The average molecular weight is 436 g/mol. The van der Waals surface area contributed by atoms with E-state index in [2.05, 4.69) is 39.6 Å². The van der Waals surface area contributed by atoms with Crippen molar-refractivity contribution in [2.45, 2.75) is 44.8 Å². The largest absolute Gasteiger partial charge is 0.369 e. The predicted octanol–water partition coefficient (Wildman–Crippen LogP) is 6.12. The molecule has 0 saturated heterocycles. The summed E-state index contributed by atoms with van der Waals surface area (Å²) in [7, 11) is 0. The topological polar surface area (TPSA) is 80.9 Å². The zero-order chi connectivity index (χ0) is 22.1. The Kier molecular flexibility index (Phi) is 4.00. The molecule has 5 aromatic rings. The monoisotopic (exact) mass is 435 g/mol. The van der Waals surface area contributed by atoms with Crippen LogP contribution in [-0.4, -0.2) is 21.0 Å². The first kappa shape index (κ1) is 18.9. The molecule has 7 rings (SSSR count). The molecule has 1 unspecified atom stereocenters. The second kappa shape index (κ2) is 6.96. The van der Waals surface area contributed by atoms with E-state index in [0.29, 0.717) is 11.1 Å². The molecule has 2 aromatic heterocycles. The van der Waals surface area contributed by atoms with Crippen molar-refractivity contribution >= 4 is 49.5 Å². The molecule has 1 aliphatic carbocycles. The molecule has 0 bridgehead atoms. The predicted molar refractivity (Wildman–Crippen MR) is 132 cm³/mol. The summed E-state index contributed by atoms with van der Waals surface area (Å²) in [4.78, 5) is 20.2. The van der Waals surface area contributed by atoms with Crippen LogP contribution in [0.15, 0.2) is 54.1 Å². The van der Waals surface area contributed by atoms with Crippen LogP contribution in [0.25, 0.3) is 43.6 Å². The van der Waals surface area contributed by atoms with Crippen molar-refractivity contribution in [3.8, 4) is 0 Å². The third kappa shape index (κ3) is 2.72. The minimum Gasteiger partial charge on any atom is -0.369 e. The Morgan fingerprint density at radius 1 is 0.909 bits per heavy atom. The Balaban J connectivity index is 1.51. The Morgan fingerprint density at radius 2 is 1.67 bits per heavy atom. The number of hydrogen-bond donors (Lipinski definition) is 4. The molecule has 3 aromatic carbocycles. The number of aromatic amines is 2. The van der Waals surface area contributed by atoms with Gasteiger partial charge in [0.15, 0.2) is 6.23 Å². The molecule has 1 aliphatic heterocycles. The first-order chi connectivity index (χ1) is 16.2. The van der Waals surface area contributed by atoms with Crippen LogP contribution >= 0.6 is 0 Å². The van der Waals surface area contributed by atoms with Gasteiger partial charge < -0.3 is 20.4 Å². The van der Waals surface area contributed by atoms with Crippen LogP contribution < -0.4 is 5.32 Å². The normalized spacial score (nSPS) is 18.5. The van der Waals surface area contributed by atoms with E-state index < -0.39 is 6.23 Å². The lowest BCUT2D eigenvalue weighted by molar-refractivity contribution is 0.0853. The molecular formula is C28H25N3O2. The van der Waals surface area contributed by atoms with E-state index in [-0.39, 0.29) is 5.91 Å². The van der Waals surface area contributed by atoms with E-state index in [4.69, 9.17) is 0 Å². The number of nitrogens with one attached hydrogen (secondary N) is 3. The van der Waals surface area contributed by atoms with E-state index in [1.54, 1.807) is 5.57 Å². The maximum absolute atomic E-state index is 13.0. The summed E-state index contributed by atoms with van der Waals surface area (Å²) in [5.41, 5.74) is 7.92. The second-order valence-corrected chi connectivity index (χ2v) is 9.47. The number of aliphatic hydroxyl groups is 1. The van der Waals surface area contributed by atoms with Crippen LogP contribution in [0.4, 0.5) is 0 Å². The molecular weight excluding hydrogens is 410 g/mol. The highest BCUT2D eigenvalue weighted by Gasteiger charge is 2.34. The molecule has 2 aliphatic rings. The summed E-state index contributed by atoms with van der Waals surface area (Å²) < 4.78 is 0. The summed E-state index contributed by atoms with van der Waals surface area (Å²) in [6, 6.07) is 14.6. The highest BCUT2D eigenvalue weighted by Crippen LogP contribution is 2.44. The molecule has 3 heterocycles. The molecule has 1 saturated carbocycles. The van der Waals surface area contributed by atoms with Crippen molar-refractivity contribution < 1.29 is 9.90 Å². The molecule has 4 N–H and O–H groups in total. The molecule has 1 fully saturated rings. The average Bonchev–Trinajstić information content (AvgIpc) is 3.49. The molecule has 33 heavy (non-hydrogen) atoms. The van der Waals surface area contributed by atoms with Crippen molar-refractivity contribution in [2.75, 3.05) is 0 Å². The van der Waals surface area contributed by atoms with Crippen LogP contribution in [0.1, 0.15) is 59.8 Å². The van der Waals surface area contributed by atoms with Gasteiger partial charge in [-0.25, -0.2) is 0 Å². The van der Waals surface area contributed by atoms with E-state index in [1.807, 2.05) is 24.3 Å². The van der Waals surface area contributed by atoms with Gasteiger partial charge in [-0.15, -0.1) is 0 Å². The standard InChI is InChI=1S/C28H25N3O2/c32-27-23-21-17-8-4-5-9-19(17)29-25(21)26-22(24(23)28(33)31-27)18-14-16(12-13-20(18)30-26)11-10-15-6-2-1-3-7-15/h4-5,8-10,12-14,27,29-30,32H,1-3,6-7,11H2,(H,31,33). The first-order valence-electron chi connectivity index (χ1n) is 11.9. The van der Waals surface area contributed by atoms with Crippen molar-refractivity contribution in [3.05, 3.63) is 70.8 Å². The van der Waals surface area contributed by atoms with E-state index in [9.17, 15) is 9.90 Å². The number of carbonyl (C=O) groups is 1. The van der Waals surface area contributed by atoms with Gasteiger partial charge >= 0.3 is 0 Å². The maximum Gasteiger partial charge on any atom is 0.254 e. The number of H-pyrrole nitrogens is 2. The summed E-state index contributed by atoms with van der Waals surface area (Å²) in [5, 5.41) is 17.4. The summed E-state index contributed by atoms with van der Waals surface area (Å²) in [5.74, 6) is -0.217. The number of allylic oxidation sites excluding steroid dienone is 2. The number of aromatic nitrogens is 2. The lowest BCUT2D eigenvalue weighted by atomic mass is 9.93. The van der Waals surface area contributed by atoms with Crippen LogP contribution in [0.2, 0.25) is 0 Å². The Bertz CT molecular complexity index is 1630. The molecule has 1 atom stereocenters. The number of hydrogen-bond acceptors (Lipinski definition) is 2. The number of rotatable bonds is 2. The highest BCUT2D eigenvalue weighted by atomic mass is 16.3. The number of para-hydroxylation sites is 1. The minimum absolute atomic E-state index is 0.217. The van der Waals surface area contributed by atoms with Crippen molar-refractivity contribution in [2.24, 2.45) is 0 Å². The van der Waals surface area contributed by atoms with Gasteiger partial charge in [-0.05, 0) is 55.9 Å². The maximum atomic E-state index is 13.0. The number of amides is 1. The van der Waals surface area contributed by atoms with Gasteiger partial charge in [-0.1, -0.05) is 42.3 Å². The molecule has 1 amide bonds. The van der Waals surface area contributed by atoms with Gasteiger partial charge in [0.2, 0.25) is 0 Å². The van der Waals surface area contributed by atoms with Crippen LogP contribution in [0, 0.1) is 0 Å². The summed E-state index contributed by atoms with van der Waals surface area (Å²) in [6.07, 6.45) is 8.69. The number of benzene rings is 3. The van der Waals surface area contributed by atoms with E-state index in [1.165, 1.54) is 37.7 Å². The smallest absolute Gasteiger partial charge is 0.254 e. The van der Waals surface area contributed by atoms with Gasteiger partial charge in [-0.3, -0.25) is 4.79 Å². The zero-order valence-electron chi connectivity index (χ0n) is 18.3. The molecule has 0 radical (unpaired) electrons. The fraction of sp³-hybridized carbons (Fsp3) is 0.250. The zero-order valence-corrected chi connectivity index (χ0v) is 18.3. The lowest BCUT2D eigenvalue weighted by Gasteiger charge is -2.13. The highest BCUT2D eigenvalue weighted by molar-refractivity contribution is 6.30.